The third-order valence-corrected chi connectivity index (χ3v) is 3.27. The molecule has 2 aromatic rings. The summed E-state index contributed by atoms with van der Waals surface area (Å²) >= 11 is 5.04. The number of phenols is 1. The molecule has 0 bridgehead atoms. The maximum absolute atomic E-state index is 12.2. The molecule has 0 aromatic heterocycles. The quantitative estimate of drug-likeness (QED) is 0.629. The zero-order valence-electron chi connectivity index (χ0n) is 12.6. The number of thiocarbonyl (C=S) groups is 1. The molecule has 24 heavy (non-hydrogen) atoms. The van der Waals surface area contributed by atoms with Crippen molar-refractivity contribution in [3.8, 4) is 11.5 Å². The minimum atomic E-state index is -1.24. The van der Waals surface area contributed by atoms with Gasteiger partial charge in [-0.25, -0.2) is 4.79 Å². The molecule has 8 heteroatoms. The molecule has 4 N–H and O–H groups in total. The lowest BCUT2D eigenvalue weighted by molar-refractivity contribution is 0.0693. The van der Waals surface area contributed by atoms with Gasteiger partial charge in [0.1, 0.15) is 17.1 Å². The number of benzene rings is 2. The van der Waals surface area contributed by atoms with E-state index in [2.05, 4.69) is 10.6 Å². The van der Waals surface area contributed by atoms with Crippen molar-refractivity contribution >= 4 is 34.9 Å². The average molecular weight is 346 g/mol. The molecule has 124 valence electrons. The number of carbonyl (C=O) groups is 2. The Morgan fingerprint density at radius 1 is 1.12 bits per heavy atom. The summed E-state index contributed by atoms with van der Waals surface area (Å²) in [7, 11) is 1.45. The Morgan fingerprint density at radius 3 is 2.46 bits per heavy atom. The molecule has 0 aliphatic heterocycles. The first-order valence-corrected chi connectivity index (χ1v) is 7.15. The van der Waals surface area contributed by atoms with Gasteiger partial charge < -0.3 is 20.3 Å². The molecule has 2 rings (SSSR count). The highest BCUT2D eigenvalue weighted by molar-refractivity contribution is 7.80. The number of methoxy groups -OCH3 is 1. The average Bonchev–Trinajstić information content (AvgIpc) is 2.54. The lowest BCUT2D eigenvalue weighted by Gasteiger charge is -2.12. The molecule has 0 fully saturated rings. The molecule has 7 nitrogen and oxygen atoms in total. The predicted molar refractivity (Wildman–Crippen MR) is 91.7 cm³/mol. The zero-order valence-corrected chi connectivity index (χ0v) is 13.4. The molecule has 2 aromatic carbocycles. The molecule has 0 heterocycles. The number of rotatable bonds is 4. The van der Waals surface area contributed by atoms with Crippen molar-refractivity contribution in [2.24, 2.45) is 0 Å². The van der Waals surface area contributed by atoms with E-state index in [1.807, 2.05) is 0 Å². The minimum absolute atomic E-state index is 0.00613. The van der Waals surface area contributed by atoms with E-state index in [-0.39, 0.29) is 10.7 Å². The standard InChI is InChI=1S/C16H14N2O5S/c1-23-13-5-3-2-4-11(13)14(20)18-16(24)17-9-6-7-10(15(21)22)12(19)8-9/h2-8,19H,1H3,(H,21,22)(H2,17,18,20,24). The lowest BCUT2D eigenvalue weighted by Crippen LogP contribution is -2.34. The maximum atomic E-state index is 12.2. The van der Waals surface area contributed by atoms with Crippen molar-refractivity contribution in [2.45, 2.75) is 0 Å². The molecule has 1 amide bonds. The topological polar surface area (TPSA) is 108 Å². The summed E-state index contributed by atoms with van der Waals surface area (Å²) in [6.07, 6.45) is 0. The molecule has 0 aliphatic carbocycles. The van der Waals surface area contributed by atoms with Gasteiger partial charge in [0.15, 0.2) is 5.11 Å². The van der Waals surface area contributed by atoms with Crippen LogP contribution in [0, 0.1) is 0 Å². The van der Waals surface area contributed by atoms with Crippen molar-refractivity contribution in [1.82, 2.24) is 5.32 Å². The van der Waals surface area contributed by atoms with E-state index < -0.39 is 17.6 Å². The molecular weight excluding hydrogens is 332 g/mol. The summed E-state index contributed by atoms with van der Waals surface area (Å²) in [4.78, 5) is 23.0. The van der Waals surface area contributed by atoms with E-state index >= 15 is 0 Å². The first-order valence-electron chi connectivity index (χ1n) is 6.74. The fourth-order valence-electron chi connectivity index (χ4n) is 1.96. The third-order valence-electron chi connectivity index (χ3n) is 3.06. The number of hydrogen-bond acceptors (Lipinski definition) is 5. The van der Waals surface area contributed by atoms with Crippen LogP contribution in [-0.2, 0) is 0 Å². The van der Waals surface area contributed by atoms with Crippen LogP contribution in [0.15, 0.2) is 42.5 Å². The number of ether oxygens (including phenoxy) is 1. The molecule has 0 atom stereocenters. The SMILES string of the molecule is COc1ccccc1C(=O)NC(=S)Nc1ccc(C(=O)O)c(O)c1. The Bertz CT molecular complexity index is 807. The molecular formula is C16H14N2O5S. The normalized spacial score (nSPS) is 9.88. The molecule has 0 saturated heterocycles. The van der Waals surface area contributed by atoms with Gasteiger partial charge in [-0.2, -0.15) is 0 Å². The van der Waals surface area contributed by atoms with Crippen LogP contribution in [0.2, 0.25) is 0 Å². The number of carbonyl (C=O) groups excluding carboxylic acids is 1. The second-order valence-electron chi connectivity index (χ2n) is 4.65. The maximum Gasteiger partial charge on any atom is 0.339 e. The summed E-state index contributed by atoms with van der Waals surface area (Å²) in [5.74, 6) is -1.71. The lowest BCUT2D eigenvalue weighted by atomic mass is 10.2. The second-order valence-corrected chi connectivity index (χ2v) is 5.05. The zero-order chi connectivity index (χ0) is 17.7. The third kappa shape index (κ3) is 3.99. The van der Waals surface area contributed by atoms with Crippen molar-refractivity contribution in [3.63, 3.8) is 0 Å². The van der Waals surface area contributed by atoms with Crippen LogP contribution in [0.4, 0.5) is 5.69 Å². The summed E-state index contributed by atoms with van der Waals surface area (Å²) in [5.41, 5.74) is 0.417. The number of hydrogen-bond donors (Lipinski definition) is 4. The second kappa shape index (κ2) is 7.42. The van der Waals surface area contributed by atoms with E-state index in [1.54, 1.807) is 24.3 Å². The van der Waals surface area contributed by atoms with Gasteiger partial charge in [0.05, 0.1) is 12.7 Å². The summed E-state index contributed by atoms with van der Waals surface area (Å²) in [5, 5.41) is 23.7. The van der Waals surface area contributed by atoms with Gasteiger partial charge in [-0.15, -0.1) is 0 Å². The Labute approximate surface area is 142 Å². The van der Waals surface area contributed by atoms with Gasteiger partial charge >= 0.3 is 5.97 Å². The van der Waals surface area contributed by atoms with E-state index in [0.717, 1.165) is 0 Å². The molecule has 0 saturated carbocycles. The molecule has 0 aliphatic rings. The number of aromatic carboxylic acids is 1. The number of carboxylic acid groups (broad SMARTS) is 1. The van der Waals surface area contributed by atoms with Crippen molar-refractivity contribution in [1.29, 1.82) is 0 Å². The van der Waals surface area contributed by atoms with Crippen LogP contribution >= 0.6 is 12.2 Å². The van der Waals surface area contributed by atoms with Crippen LogP contribution < -0.4 is 15.4 Å². The highest BCUT2D eigenvalue weighted by atomic mass is 32.1. The fraction of sp³-hybridized carbons (Fsp3) is 0.0625. The minimum Gasteiger partial charge on any atom is -0.507 e. The molecule has 0 spiro atoms. The van der Waals surface area contributed by atoms with Crippen molar-refractivity contribution in [2.75, 3.05) is 12.4 Å². The van der Waals surface area contributed by atoms with Gasteiger partial charge in [0.2, 0.25) is 0 Å². The summed E-state index contributed by atoms with van der Waals surface area (Å²) in [6, 6.07) is 10.5. The van der Waals surface area contributed by atoms with Crippen LogP contribution in [0.25, 0.3) is 0 Å². The Balaban J connectivity index is 2.07. The number of amides is 1. The van der Waals surface area contributed by atoms with Gasteiger partial charge in [-0.1, -0.05) is 12.1 Å². The molecule has 0 unspecified atom stereocenters. The van der Waals surface area contributed by atoms with E-state index in [0.29, 0.717) is 17.0 Å². The Kier molecular flexibility index (Phi) is 5.33. The van der Waals surface area contributed by atoms with Crippen LogP contribution in [-0.4, -0.2) is 34.3 Å². The number of para-hydroxylation sites is 1. The van der Waals surface area contributed by atoms with Crippen molar-refractivity contribution < 1.29 is 24.5 Å². The largest absolute Gasteiger partial charge is 0.507 e. The number of anilines is 1. The van der Waals surface area contributed by atoms with E-state index in [1.165, 1.54) is 25.3 Å². The van der Waals surface area contributed by atoms with E-state index in [4.69, 9.17) is 22.1 Å². The van der Waals surface area contributed by atoms with Gasteiger partial charge in [-0.3, -0.25) is 10.1 Å². The smallest absolute Gasteiger partial charge is 0.339 e. The van der Waals surface area contributed by atoms with Gasteiger partial charge in [-0.05, 0) is 36.5 Å². The molecule has 0 radical (unpaired) electrons. The summed E-state index contributed by atoms with van der Waals surface area (Å²) < 4.78 is 5.10. The predicted octanol–water partition coefficient (Wildman–Crippen LogP) is 2.23. The Hall–Kier alpha value is -3.13. The number of carboxylic acids is 1. The first kappa shape index (κ1) is 17.2. The van der Waals surface area contributed by atoms with Crippen LogP contribution in [0.1, 0.15) is 20.7 Å². The number of nitrogens with one attached hydrogen (secondary N) is 2. The highest BCUT2D eigenvalue weighted by Crippen LogP contribution is 2.22. The fourth-order valence-corrected chi connectivity index (χ4v) is 2.17. The van der Waals surface area contributed by atoms with Crippen molar-refractivity contribution in [3.05, 3.63) is 53.6 Å². The number of aromatic hydroxyl groups is 1. The van der Waals surface area contributed by atoms with Gasteiger partial charge in [0, 0.05) is 11.8 Å². The summed E-state index contributed by atoms with van der Waals surface area (Å²) in [6.45, 7) is 0. The first-order chi connectivity index (χ1) is 11.4. The monoisotopic (exact) mass is 346 g/mol. The van der Waals surface area contributed by atoms with Gasteiger partial charge in [0.25, 0.3) is 5.91 Å². The van der Waals surface area contributed by atoms with E-state index in [9.17, 15) is 14.7 Å². The van der Waals surface area contributed by atoms with Crippen LogP contribution in [0.5, 0.6) is 11.5 Å². The Morgan fingerprint density at radius 2 is 1.83 bits per heavy atom. The van der Waals surface area contributed by atoms with Crippen LogP contribution in [0.3, 0.4) is 0 Å². The highest BCUT2D eigenvalue weighted by Gasteiger charge is 2.14.